The number of aromatic nitrogens is 2. The number of esters is 1. The summed E-state index contributed by atoms with van der Waals surface area (Å²) in [6, 6.07) is 4.06. The Bertz CT molecular complexity index is 642. The first-order valence-corrected chi connectivity index (χ1v) is 8.29. The van der Waals surface area contributed by atoms with E-state index < -0.39 is 0 Å². The third-order valence-corrected chi connectivity index (χ3v) is 3.77. The van der Waals surface area contributed by atoms with Crippen LogP contribution in [0.25, 0.3) is 10.9 Å². The second-order valence-corrected chi connectivity index (χ2v) is 5.59. The molecule has 0 aliphatic rings. The molecule has 0 amide bonds. The Morgan fingerprint density at radius 3 is 3.00 bits per heavy atom. The molecule has 1 aromatic heterocycles. The molecule has 1 heterocycles. The average Bonchev–Trinajstić information content (AvgIpc) is 3.07. The predicted octanol–water partition coefficient (Wildman–Crippen LogP) is 1.84. The number of carbonyl (C=O) groups is 1. The van der Waals surface area contributed by atoms with Gasteiger partial charge in [-0.1, -0.05) is 0 Å². The fourth-order valence-corrected chi connectivity index (χ4v) is 2.46. The first-order chi connectivity index (χ1) is 11.7. The average molecular weight is 334 g/mol. The molecule has 0 fully saturated rings. The van der Waals surface area contributed by atoms with Crippen molar-refractivity contribution in [3.05, 3.63) is 23.9 Å². The number of unbranched alkanes of at least 4 members (excludes halogenated alkanes) is 1. The normalized spacial score (nSPS) is 10.9. The molecule has 24 heavy (non-hydrogen) atoms. The molecule has 0 radical (unpaired) electrons. The largest absolute Gasteiger partial charge is 0.469 e. The first kappa shape index (κ1) is 18.2. The zero-order chi connectivity index (χ0) is 17.2. The number of carbonyl (C=O) groups excluding carboxylic acids is 1. The van der Waals surface area contributed by atoms with Crippen LogP contribution in [0.2, 0.25) is 0 Å². The lowest BCUT2D eigenvalue weighted by Gasteiger charge is -2.10. The second kappa shape index (κ2) is 9.89. The number of H-pyrrole nitrogens is 1. The van der Waals surface area contributed by atoms with E-state index in [-0.39, 0.29) is 5.97 Å². The molecule has 2 rings (SSSR count). The number of benzene rings is 1. The fraction of sp³-hybridized carbons (Fsp3) is 0.529. The SMILES string of the molecule is COC(=O)CCc1cc(NCCOCCCCN)c2cn[nH]c2c1. The van der Waals surface area contributed by atoms with E-state index in [0.717, 1.165) is 41.6 Å². The van der Waals surface area contributed by atoms with Crippen molar-refractivity contribution < 1.29 is 14.3 Å². The van der Waals surface area contributed by atoms with Gasteiger partial charge in [0.15, 0.2) is 0 Å². The molecule has 132 valence electrons. The maximum Gasteiger partial charge on any atom is 0.305 e. The summed E-state index contributed by atoms with van der Waals surface area (Å²) in [5.74, 6) is -0.208. The second-order valence-electron chi connectivity index (χ2n) is 5.59. The number of hydrogen-bond acceptors (Lipinski definition) is 6. The number of rotatable bonds is 11. The predicted molar refractivity (Wildman–Crippen MR) is 94.0 cm³/mol. The van der Waals surface area contributed by atoms with Crippen LogP contribution in [0.4, 0.5) is 5.69 Å². The lowest BCUT2D eigenvalue weighted by atomic mass is 10.1. The van der Waals surface area contributed by atoms with Crippen molar-refractivity contribution in [3.63, 3.8) is 0 Å². The molecule has 2 aromatic rings. The molecule has 0 unspecified atom stereocenters. The highest BCUT2D eigenvalue weighted by Crippen LogP contribution is 2.24. The van der Waals surface area contributed by atoms with E-state index in [0.29, 0.717) is 32.5 Å². The van der Waals surface area contributed by atoms with Crippen molar-refractivity contribution in [1.82, 2.24) is 10.2 Å². The third kappa shape index (κ3) is 5.50. The van der Waals surface area contributed by atoms with Crippen LogP contribution < -0.4 is 11.1 Å². The first-order valence-electron chi connectivity index (χ1n) is 8.29. The van der Waals surface area contributed by atoms with E-state index in [1.807, 2.05) is 6.07 Å². The van der Waals surface area contributed by atoms with E-state index in [1.54, 1.807) is 6.20 Å². The smallest absolute Gasteiger partial charge is 0.305 e. The van der Waals surface area contributed by atoms with Crippen molar-refractivity contribution in [1.29, 1.82) is 0 Å². The monoisotopic (exact) mass is 334 g/mol. The molecule has 0 saturated carbocycles. The van der Waals surface area contributed by atoms with Gasteiger partial charge in [-0.15, -0.1) is 0 Å². The zero-order valence-electron chi connectivity index (χ0n) is 14.1. The Balaban J connectivity index is 1.90. The van der Waals surface area contributed by atoms with Crippen LogP contribution in [0, 0.1) is 0 Å². The van der Waals surface area contributed by atoms with Gasteiger partial charge in [0.1, 0.15) is 0 Å². The molecule has 7 heteroatoms. The van der Waals surface area contributed by atoms with Gasteiger partial charge in [0.2, 0.25) is 0 Å². The van der Waals surface area contributed by atoms with E-state index in [2.05, 4.69) is 21.6 Å². The number of methoxy groups -OCH3 is 1. The molecule has 4 N–H and O–H groups in total. The summed E-state index contributed by atoms with van der Waals surface area (Å²) in [6.45, 7) is 2.79. The topological polar surface area (TPSA) is 102 Å². The summed E-state index contributed by atoms with van der Waals surface area (Å²) in [5.41, 5.74) is 8.45. The number of ether oxygens (including phenoxy) is 2. The highest BCUT2D eigenvalue weighted by Gasteiger charge is 2.08. The Hall–Kier alpha value is -2.12. The van der Waals surface area contributed by atoms with Crippen LogP contribution in [0.15, 0.2) is 18.3 Å². The molecular weight excluding hydrogens is 308 g/mol. The standard InChI is InChI=1S/C17H26N4O3/c1-23-17(22)5-4-13-10-15(14-12-20-21-16(14)11-13)19-7-9-24-8-3-2-6-18/h10-12,19H,2-9,18H2,1H3,(H,20,21). The van der Waals surface area contributed by atoms with Crippen LogP contribution in [0.1, 0.15) is 24.8 Å². The van der Waals surface area contributed by atoms with E-state index in [4.69, 9.17) is 15.2 Å². The Morgan fingerprint density at radius 1 is 1.33 bits per heavy atom. The lowest BCUT2D eigenvalue weighted by molar-refractivity contribution is -0.140. The van der Waals surface area contributed by atoms with Crippen LogP contribution in [0.5, 0.6) is 0 Å². The maximum absolute atomic E-state index is 11.3. The molecule has 0 aliphatic heterocycles. The highest BCUT2D eigenvalue weighted by molar-refractivity contribution is 5.91. The van der Waals surface area contributed by atoms with Gasteiger partial charge in [-0.3, -0.25) is 9.89 Å². The van der Waals surface area contributed by atoms with Crippen LogP contribution in [-0.4, -0.2) is 49.6 Å². The van der Waals surface area contributed by atoms with Gasteiger partial charge in [-0.05, 0) is 43.5 Å². The van der Waals surface area contributed by atoms with Gasteiger partial charge in [0.05, 0.1) is 25.4 Å². The van der Waals surface area contributed by atoms with Gasteiger partial charge in [-0.25, -0.2) is 0 Å². The van der Waals surface area contributed by atoms with Crippen molar-refractivity contribution in [3.8, 4) is 0 Å². The van der Waals surface area contributed by atoms with Crippen molar-refractivity contribution in [2.45, 2.75) is 25.7 Å². The minimum Gasteiger partial charge on any atom is -0.469 e. The summed E-state index contributed by atoms with van der Waals surface area (Å²) in [7, 11) is 1.40. The summed E-state index contributed by atoms with van der Waals surface area (Å²) in [5, 5.41) is 11.5. The molecule has 0 atom stereocenters. The van der Waals surface area contributed by atoms with Crippen molar-refractivity contribution in [2.75, 3.05) is 38.7 Å². The van der Waals surface area contributed by atoms with Crippen LogP contribution in [0.3, 0.4) is 0 Å². The molecule has 0 spiro atoms. The number of fused-ring (bicyclic) bond motifs is 1. The molecular formula is C17H26N4O3. The summed E-state index contributed by atoms with van der Waals surface area (Å²) < 4.78 is 10.3. The molecule has 1 aromatic carbocycles. The van der Waals surface area contributed by atoms with Crippen molar-refractivity contribution in [2.24, 2.45) is 5.73 Å². The number of nitrogens with two attached hydrogens (primary N) is 1. The van der Waals surface area contributed by atoms with Gasteiger partial charge in [-0.2, -0.15) is 5.10 Å². The Kier molecular flexibility index (Phi) is 7.51. The summed E-state index contributed by atoms with van der Waals surface area (Å²) >= 11 is 0. The van der Waals surface area contributed by atoms with Gasteiger partial charge in [0, 0.05) is 30.6 Å². The minimum absolute atomic E-state index is 0.208. The molecule has 7 nitrogen and oxygen atoms in total. The lowest BCUT2D eigenvalue weighted by Crippen LogP contribution is -2.11. The molecule has 0 saturated heterocycles. The van der Waals surface area contributed by atoms with E-state index in [1.165, 1.54) is 7.11 Å². The number of nitrogens with one attached hydrogen (secondary N) is 2. The number of nitrogens with zero attached hydrogens (tertiary/aromatic N) is 1. The summed E-state index contributed by atoms with van der Waals surface area (Å²) in [4.78, 5) is 11.3. The number of aromatic amines is 1. The number of aryl methyl sites for hydroxylation is 1. The molecule has 0 aliphatic carbocycles. The Labute approximate surface area is 141 Å². The minimum atomic E-state index is -0.208. The number of hydrogen-bond donors (Lipinski definition) is 3. The van der Waals surface area contributed by atoms with Crippen molar-refractivity contribution >= 4 is 22.6 Å². The highest BCUT2D eigenvalue weighted by atomic mass is 16.5. The quantitative estimate of drug-likeness (QED) is 0.428. The molecule has 0 bridgehead atoms. The number of anilines is 1. The van der Waals surface area contributed by atoms with Crippen LogP contribution >= 0.6 is 0 Å². The van der Waals surface area contributed by atoms with E-state index >= 15 is 0 Å². The maximum atomic E-state index is 11.3. The van der Waals surface area contributed by atoms with Crippen LogP contribution in [-0.2, 0) is 20.7 Å². The fourth-order valence-electron chi connectivity index (χ4n) is 2.46. The zero-order valence-corrected chi connectivity index (χ0v) is 14.1. The van der Waals surface area contributed by atoms with Gasteiger partial charge in [0.25, 0.3) is 0 Å². The Morgan fingerprint density at radius 2 is 2.21 bits per heavy atom. The van der Waals surface area contributed by atoms with Gasteiger partial charge >= 0.3 is 5.97 Å². The van der Waals surface area contributed by atoms with E-state index in [9.17, 15) is 4.79 Å². The third-order valence-electron chi connectivity index (χ3n) is 3.77. The summed E-state index contributed by atoms with van der Waals surface area (Å²) in [6.07, 6.45) is 4.77. The van der Waals surface area contributed by atoms with Gasteiger partial charge < -0.3 is 20.5 Å².